The lowest BCUT2D eigenvalue weighted by molar-refractivity contribution is -0.138. The summed E-state index contributed by atoms with van der Waals surface area (Å²) in [6.07, 6.45) is 1.01. The van der Waals surface area contributed by atoms with Gasteiger partial charge in [-0.3, -0.25) is 14.5 Å². The molecular formula is C29H31F4N7O2. The van der Waals surface area contributed by atoms with Crippen molar-refractivity contribution in [2.45, 2.75) is 39.0 Å². The van der Waals surface area contributed by atoms with Crippen molar-refractivity contribution in [2.75, 3.05) is 48.3 Å². The van der Waals surface area contributed by atoms with Gasteiger partial charge in [0.05, 0.1) is 22.5 Å². The summed E-state index contributed by atoms with van der Waals surface area (Å²) >= 11 is 0. The standard InChI is InChI=1S/C29H31F4N7O2/c1-16-10-35-28(36-11-16)39-6-5-19(15-39)20-7-24(25(9-23(20)30)40-13-17(2)38(4)18(3)14-40)37-27(42)21-12-34-26(41)8-22(21)29(31,32)33/h5,7-12,17-18H,6,13-15H2,1-4H3,(H,34,41)(H,37,42). The Kier molecular flexibility index (Phi) is 7.80. The highest BCUT2D eigenvalue weighted by Crippen LogP contribution is 2.37. The molecule has 0 aliphatic carbocycles. The van der Waals surface area contributed by atoms with Gasteiger partial charge in [-0.2, -0.15) is 13.2 Å². The molecule has 2 atom stereocenters. The summed E-state index contributed by atoms with van der Waals surface area (Å²) < 4.78 is 57.0. The number of piperazine rings is 1. The molecule has 1 amide bonds. The number of aryl methyl sites for hydroxylation is 1. The number of halogens is 4. The van der Waals surface area contributed by atoms with Gasteiger partial charge in [0.2, 0.25) is 11.5 Å². The van der Waals surface area contributed by atoms with E-state index in [1.54, 1.807) is 12.4 Å². The predicted molar refractivity (Wildman–Crippen MR) is 152 cm³/mol. The van der Waals surface area contributed by atoms with E-state index in [4.69, 9.17) is 0 Å². The molecule has 2 N–H and O–H groups in total. The molecule has 0 radical (unpaired) electrons. The Morgan fingerprint density at radius 2 is 1.74 bits per heavy atom. The fourth-order valence-electron chi connectivity index (χ4n) is 5.31. The molecule has 42 heavy (non-hydrogen) atoms. The van der Waals surface area contributed by atoms with E-state index >= 15 is 4.39 Å². The predicted octanol–water partition coefficient (Wildman–Crippen LogP) is 4.32. The van der Waals surface area contributed by atoms with Crippen molar-refractivity contribution in [1.82, 2.24) is 19.9 Å². The van der Waals surface area contributed by atoms with Crippen LogP contribution in [0, 0.1) is 12.7 Å². The van der Waals surface area contributed by atoms with E-state index in [0.717, 1.165) is 11.8 Å². The van der Waals surface area contributed by atoms with Crippen LogP contribution in [0.25, 0.3) is 5.57 Å². The third-order valence-corrected chi connectivity index (χ3v) is 7.82. The maximum atomic E-state index is 15.8. The molecule has 1 saturated heterocycles. The maximum Gasteiger partial charge on any atom is 0.417 e. The van der Waals surface area contributed by atoms with Crippen LogP contribution in [-0.2, 0) is 6.18 Å². The van der Waals surface area contributed by atoms with Gasteiger partial charge in [0, 0.05) is 68.5 Å². The average Bonchev–Trinajstić information content (AvgIpc) is 3.42. The van der Waals surface area contributed by atoms with Gasteiger partial charge in [0.25, 0.3) is 5.91 Å². The van der Waals surface area contributed by atoms with Crippen LogP contribution in [0.4, 0.5) is 34.9 Å². The van der Waals surface area contributed by atoms with E-state index < -0.39 is 34.6 Å². The smallest absolute Gasteiger partial charge is 0.367 e. The van der Waals surface area contributed by atoms with Crippen molar-refractivity contribution in [3.8, 4) is 0 Å². The van der Waals surface area contributed by atoms with Crippen molar-refractivity contribution in [3.05, 3.63) is 81.3 Å². The van der Waals surface area contributed by atoms with Crippen molar-refractivity contribution >= 4 is 28.8 Å². The highest BCUT2D eigenvalue weighted by atomic mass is 19.4. The topological polar surface area (TPSA) is 97.5 Å². The minimum Gasteiger partial charge on any atom is -0.367 e. The number of rotatable bonds is 5. The highest BCUT2D eigenvalue weighted by Gasteiger charge is 2.36. The summed E-state index contributed by atoms with van der Waals surface area (Å²) in [5.41, 5.74) is -0.854. The molecule has 0 bridgehead atoms. The van der Waals surface area contributed by atoms with E-state index in [1.165, 1.54) is 12.1 Å². The molecule has 9 nitrogen and oxygen atoms in total. The molecule has 2 unspecified atom stereocenters. The Balaban J connectivity index is 1.53. The molecule has 2 aliphatic heterocycles. The number of hydrogen-bond donors (Lipinski definition) is 2. The zero-order valence-electron chi connectivity index (χ0n) is 23.6. The van der Waals surface area contributed by atoms with Crippen molar-refractivity contribution in [2.24, 2.45) is 0 Å². The summed E-state index contributed by atoms with van der Waals surface area (Å²) in [6, 6.07) is 3.31. The summed E-state index contributed by atoms with van der Waals surface area (Å²) in [6.45, 7) is 7.66. The second kappa shape index (κ2) is 11.2. The Labute approximate surface area is 239 Å². The Hall–Kier alpha value is -4.26. The third-order valence-electron chi connectivity index (χ3n) is 7.82. The monoisotopic (exact) mass is 585 g/mol. The van der Waals surface area contributed by atoms with Crippen LogP contribution in [0.15, 0.2) is 47.7 Å². The lowest BCUT2D eigenvalue weighted by atomic mass is 10.0. The first-order chi connectivity index (χ1) is 19.8. The minimum atomic E-state index is -4.93. The molecule has 3 aromatic rings. The van der Waals surface area contributed by atoms with E-state index in [2.05, 4.69) is 25.2 Å². The number of aromatic nitrogens is 3. The van der Waals surface area contributed by atoms with Crippen molar-refractivity contribution in [1.29, 1.82) is 0 Å². The fraction of sp³-hybridized carbons (Fsp3) is 0.379. The van der Waals surface area contributed by atoms with E-state index in [0.29, 0.717) is 49.5 Å². The normalized spacial score (nSPS) is 19.7. The lowest BCUT2D eigenvalue weighted by Crippen LogP contribution is -2.55. The number of benzene rings is 1. The number of hydrogen-bond acceptors (Lipinski definition) is 7. The number of alkyl halides is 3. The van der Waals surface area contributed by atoms with Gasteiger partial charge in [-0.15, -0.1) is 0 Å². The first-order valence-corrected chi connectivity index (χ1v) is 13.5. The van der Waals surface area contributed by atoms with Crippen LogP contribution in [0.1, 0.15) is 40.9 Å². The average molecular weight is 586 g/mol. The summed E-state index contributed by atoms with van der Waals surface area (Å²) in [4.78, 5) is 41.7. The number of likely N-dealkylation sites (N-methyl/N-ethyl adjacent to an activating group) is 1. The molecule has 2 aliphatic rings. The Bertz CT molecular complexity index is 1570. The highest BCUT2D eigenvalue weighted by molar-refractivity contribution is 6.07. The second-order valence-electron chi connectivity index (χ2n) is 10.9. The molecule has 1 fully saturated rings. The van der Waals surface area contributed by atoms with E-state index in [9.17, 15) is 22.8 Å². The number of H-pyrrole nitrogens is 1. The molecule has 13 heteroatoms. The van der Waals surface area contributed by atoms with Crippen LogP contribution < -0.4 is 20.7 Å². The van der Waals surface area contributed by atoms with Crippen molar-refractivity contribution in [3.63, 3.8) is 0 Å². The molecule has 5 rings (SSSR count). The molecule has 0 spiro atoms. The summed E-state index contributed by atoms with van der Waals surface area (Å²) in [7, 11) is 1.99. The molecule has 4 heterocycles. The Morgan fingerprint density at radius 3 is 2.38 bits per heavy atom. The van der Waals surface area contributed by atoms with Gasteiger partial charge in [-0.05, 0) is 51.1 Å². The molecule has 1 aromatic carbocycles. The van der Waals surface area contributed by atoms with Crippen molar-refractivity contribution < 1.29 is 22.4 Å². The van der Waals surface area contributed by atoms with Gasteiger partial charge < -0.3 is 20.1 Å². The number of pyridine rings is 1. The van der Waals surface area contributed by atoms with Crippen LogP contribution in [0.5, 0.6) is 0 Å². The quantitative estimate of drug-likeness (QED) is 0.431. The van der Waals surface area contributed by atoms with Crippen LogP contribution in [0.2, 0.25) is 0 Å². The summed E-state index contributed by atoms with van der Waals surface area (Å²) in [5, 5.41) is 2.59. The van der Waals surface area contributed by atoms with Gasteiger partial charge in [0.15, 0.2) is 0 Å². The number of nitrogens with zero attached hydrogens (tertiary/aromatic N) is 5. The fourth-order valence-corrected chi connectivity index (χ4v) is 5.31. The molecule has 0 saturated carbocycles. The number of anilines is 3. The largest absolute Gasteiger partial charge is 0.417 e. The first-order valence-electron chi connectivity index (χ1n) is 13.5. The molecule has 2 aromatic heterocycles. The zero-order valence-corrected chi connectivity index (χ0v) is 23.6. The van der Waals surface area contributed by atoms with Gasteiger partial charge >= 0.3 is 6.18 Å². The Morgan fingerprint density at radius 1 is 1.07 bits per heavy atom. The van der Waals surface area contributed by atoms with Crippen LogP contribution >= 0.6 is 0 Å². The second-order valence-corrected chi connectivity index (χ2v) is 10.9. The van der Waals surface area contributed by atoms with Gasteiger partial charge in [-0.25, -0.2) is 14.4 Å². The minimum absolute atomic E-state index is 0.0941. The SMILES string of the molecule is Cc1cnc(N2CC=C(c3cc(NC(=O)c4c[nH]c(=O)cc4C(F)(F)F)c(N4CC(C)N(C)C(C)C4)cc3F)C2)nc1. The number of amides is 1. The zero-order chi connectivity index (χ0) is 30.3. The third kappa shape index (κ3) is 5.87. The van der Waals surface area contributed by atoms with Crippen LogP contribution in [-0.4, -0.2) is 71.1 Å². The number of nitrogens with one attached hydrogen (secondary N) is 2. The van der Waals surface area contributed by atoms with Gasteiger partial charge in [0.1, 0.15) is 5.82 Å². The molecular weight excluding hydrogens is 554 g/mol. The van der Waals surface area contributed by atoms with Gasteiger partial charge in [-0.1, -0.05) is 6.08 Å². The maximum absolute atomic E-state index is 15.8. The lowest BCUT2D eigenvalue weighted by Gasteiger charge is -2.44. The number of carbonyl (C=O) groups excluding carboxylic acids is 1. The number of aromatic amines is 1. The first kappa shape index (κ1) is 29.2. The molecule has 222 valence electrons. The van der Waals surface area contributed by atoms with Crippen LogP contribution in [0.3, 0.4) is 0 Å². The van der Waals surface area contributed by atoms with E-state index in [-0.39, 0.29) is 23.3 Å². The number of carbonyl (C=O) groups is 1. The van der Waals surface area contributed by atoms with E-state index in [1.807, 2.05) is 43.7 Å². The summed E-state index contributed by atoms with van der Waals surface area (Å²) in [5.74, 6) is -1.13.